The third-order valence-electron chi connectivity index (χ3n) is 4.16. The van der Waals surface area contributed by atoms with Crippen LogP contribution in [0, 0.1) is 11.3 Å². The number of carbonyl (C=O) groups is 1. The highest BCUT2D eigenvalue weighted by atomic mass is 35.5. The van der Waals surface area contributed by atoms with E-state index in [0.717, 1.165) is 12.3 Å². The van der Waals surface area contributed by atoms with Gasteiger partial charge in [-0.05, 0) is 25.1 Å². The third kappa shape index (κ3) is 5.11. The highest BCUT2D eigenvalue weighted by Crippen LogP contribution is 2.31. The van der Waals surface area contributed by atoms with E-state index >= 15 is 0 Å². The van der Waals surface area contributed by atoms with Crippen molar-refractivity contribution in [2.24, 2.45) is 0 Å². The number of hydrogen-bond donors (Lipinski definition) is 2. The lowest BCUT2D eigenvalue weighted by molar-refractivity contribution is -0.0530. The molecule has 0 radical (unpaired) electrons. The summed E-state index contributed by atoms with van der Waals surface area (Å²) in [5.74, 6) is -0.540. The second kappa shape index (κ2) is 9.46. The molecule has 31 heavy (non-hydrogen) atoms. The van der Waals surface area contributed by atoms with Gasteiger partial charge in [-0.3, -0.25) is 4.98 Å². The molecule has 2 amide bonds. The highest BCUT2D eigenvalue weighted by Gasteiger charge is 2.19. The van der Waals surface area contributed by atoms with Gasteiger partial charge in [0.25, 0.3) is 0 Å². The van der Waals surface area contributed by atoms with Crippen molar-refractivity contribution in [3.8, 4) is 11.9 Å². The van der Waals surface area contributed by atoms with Crippen LogP contribution in [0.3, 0.4) is 0 Å². The molecule has 0 saturated carbocycles. The molecule has 0 aromatic carbocycles. The number of nitriles is 1. The molecule has 0 aliphatic carbocycles. The topological polar surface area (TPSA) is 122 Å². The van der Waals surface area contributed by atoms with Crippen LogP contribution in [0.25, 0.3) is 11.0 Å². The normalized spacial score (nSPS) is 11.8. The summed E-state index contributed by atoms with van der Waals surface area (Å²) in [6.07, 6.45) is 2.07. The quantitative estimate of drug-likeness (QED) is 0.532. The zero-order valence-corrected chi connectivity index (χ0v) is 16.9. The number of aromatic nitrogens is 3. The van der Waals surface area contributed by atoms with Gasteiger partial charge in [-0.1, -0.05) is 11.6 Å². The Balaban J connectivity index is 1.88. The maximum absolute atomic E-state index is 12.5. The largest absolute Gasteiger partial charge is 0.415 e. The van der Waals surface area contributed by atoms with Crippen LogP contribution in [0.2, 0.25) is 5.15 Å². The SMILES string of the molecule is COC(C)c1c(NC(=O)Nc2cnc(OC(F)F)c(C#N)c2)cnc2ccc(Cl)nc12. The Morgan fingerprint density at radius 2 is 2.03 bits per heavy atom. The second-order valence-electron chi connectivity index (χ2n) is 6.11. The zero-order chi connectivity index (χ0) is 22.5. The van der Waals surface area contributed by atoms with Gasteiger partial charge in [0.05, 0.1) is 40.9 Å². The van der Waals surface area contributed by atoms with Gasteiger partial charge in [-0.25, -0.2) is 14.8 Å². The lowest BCUT2D eigenvalue weighted by Crippen LogP contribution is -2.21. The molecule has 9 nitrogen and oxygen atoms in total. The first-order valence-corrected chi connectivity index (χ1v) is 9.11. The summed E-state index contributed by atoms with van der Waals surface area (Å²) < 4.78 is 34.3. The number of amides is 2. The molecule has 0 aliphatic heterocycles. The number of ether oxygens (including phenoxy) is 2. The number of hydrogen-bond acceptors (Lipinski definition) is 7. The van der Waals surface area contributed by atoms with E-state index in [1.807, 2.05) is 0 Å². The van der Waals surface area contributed by atoms with E-state index < -0.39 is 24.6 Å². The van der Waals surface area contributed by atoms with Crippen LogP contribution in [0.1, 0.15) is 24.2 Å². The standard InChI is InChI=1S/C19H15ClF2N6O3/c1-9(30-2)15-13(8-24-12-3-4-14(20)28-16(12)15)27-19(29)26-11-5-10(6-23)17(25-7-11)31-18(21)22/h3-5,7-9,18H,1-2H3,(H2,26,27,29). The molecular formula is C19H15ClF2N6O3. The fourth-order valence-electron chi connectivity index (χ4n) is 2.75. The zero-order valence-electron chi connectivity index (χ0n) is 16.2. The van der Waals surface area contributed by atoms with Crippen molar-refractivity contribution in [1.29, 1.82) is 5.26 Å². The fraction of sp³-hybridized carbons (Fsp3) is 0.211. The number of carbonyl (C=O) groups excluding carboxylic acids is 1. The minimum Gasteiger partial charge on any atom is -0.415 e. The summed E-state index contributed by atoms with van der Waals surface area (Å²) in [4.78, 5) is 24.7. The summed E-state index contributed by atoms with van der Waals surface area (Å²) in [7, 11) is 1.50. The van der Waals surface area contributed by atoms with Gasteiger partial charge in [0.1, 0.15) is 16.8 Å². The molecule has 3 rings (SSSR count). The van der Waals surface area contributed by atoms with E-state index in [1.165, 1.54) is 13.3 Å². The second-order valence-corrected chi connectivity index (χ2v) is 6.50. The molecule has 0 aliphatic rings. The van der Waals surface area contributed by atoms with Gasteiger partial charge in [-0.2, -0.15) is 14.0 Å². The van der Waals surface area contributed by atoms with Crippen LogP contribution in [0.5, 0.6) is 5.88 Å². The predicted molar refractivity (Wildman–Crippen MR) is 108 cm³/mol. The fourth-order valence-corrected chi connectivity index (χ4v) is 2.90. The van der Waals surface area contributed by atoms with Crippen LogP contribution in [0.4, 0.5) is 25.0 Å². The summed E-state index contributed by atoms with van der Waals surface area (Å²) in [6.45, 7) is -1.36. The minimum atomic E-state index is -3.13. The molecule has 3 aromatic heterocycles. The van der Waals surface area contributed by atoms with Crippen molar-refractivity contribution in [3.63, 3.8) is 0 Å². The Hall–Kier alpha value is -3.62. The van der Waals surface area contributed by atoms with Crippen molar-refractivity contribution in [2.75, 3.05) is 17.7 Å². The number of pyridine rings is 3. The monoisotopic (exact) mass is 448 g/mol. The van der Waals surface area contributed by atoms with E-state index in [0.29, 0.717) is 22.3 Å². The van der Waals surface area contributed by atoms with E-state index in [1.54, 1.807) is 25.1 Å². The summed E-state index contributed by atoms with van der Waals surface area (Å²) in [5.41, 5.74) is 1.72. The molecule has 3 heterocycles. The molecule has 0 fully saturated rings. The van der Waals surface area contributed by atoms with Crippen molar-refractivity contribution in [2.45, 2.75) is 19.6 Å². The number of halogens is 3. The Morgan fingerprint density at radius 1 is 1.26 bits per heavy atom. The molecular weight excluding hydrogens is 434 g/mol. The number of nitrogens with one attached hydrogen (secondary N) is 2. The lowest BCUT2D eigenvalue weighted by Gasteiger charge is -2.18. The van der Waals surface area contributed by atoms with Gasteiger partial charge < -0.3 is 20.1 Å². The van der Waals surface area contributed by atoms with Crippen LogP contribution < -0.4 is 15.4 Å². The molecule has 3 aromatic rings. The van der Waals surface area contributed by atoms with Gasteiger partial charge in [0, 0.05) is 12.7 Å². The Bertz CT molecular complexity index is 1170. The predicted octanol–water partition coefficient (Wildman–Crippen LogP) is 4.50. The smallest absolute Gasteiger partial charge is 0.388 e. The summed E-state index contributed by atoms with van der Waals surface area (Å²) in [5, 5.41) is 14.4. The lowest BCUT2D eigenvalue weighted by atomic mass is 10.1. The Morgan fingerprint density at radius 3 is 2.71 bits per heavy atom. The Kier molecular flexibility index (Phi) is 6.74. The van der Waals surface area contributed by atoms with Gasteiger partial charge in [-0.15, -0.1) is 0 Å². The average Bonchev–Trinajstić information content (AvgIpc) is 2.73. The van der Waals surface area contributed by atoms with Crippen LogP contribution in [0.15, 0.2) is 30.6 Å². The van der Waals surface area contributed by atoms with E-state index in [9.17, 15) is 13.6 Å². The maximum Gasteiger partial charge on any atom is 0.388 e. The third-order valence-corrected chi connectivity index (χ3v) is 4.37. The number of urea groups is 1. The number of fused-ring (bicyclic) bond motifs is 1. The first kappa shape index (κ1) is 22.1. The van der Waals surface area contributed by atoms with Crippen molar-refractivity contribution in [3.05, 3.63) is 46.9 Å². The molecule has 160 valence electrons. The first-order chi connectivity index (χ1) is 14.8. The number of methoxy groups -OCH3 is 1. The minimum absolute atomic E-state index is 0.0897. The number of anilines is 2. The molecule has 12 heteroatoms. The molecule has 0 bridgehead atoms. The van der Waals surface area contributed by atoms with Gasteiger partial charge >= 0.3 is 12.6 Å². The number of alkyl halides is 2. The van der Waals surface area contributed by atoms with Crippen LogP contribution in [-0.4, -0.2) is 34.7 Å². The van der Waals surface area contributed by atoms with Gasteiger partial charge in [0.15, 0.2) is 0 Å². The maximum atomic E-state index is 12.5. The average molecular weight is 449 g/mol. The summed E-state index contributed by atoms with van der Waals surface area (Å²) >= 11 is 6.01. The highest BCUT2D eigenvalue weighted by molar-refractivity contribution is 6.29. The van der Waals surface area contributed by atoms with E-state index in [2.05, 4.69) is 30.3 Å². The molecule has 2 N–H and O–H groups in total. The molecule has 0 saturated heterocycles. The summed E-state index contributed by atoms with van der Waals surface area (Å²) in [6, 6.07) is 5.43. The van der Waals surface area contributed by atoms with Crippen molar-refractivity contribution < 1.29 is 23.0 Å². The van der Waals surface area contributed by atoms with Crippen LogP contribution >= 0.6 is 11.6 Å². The van der Waals surface area contributed by atoms with Crippen molar-refractivity contribution in [1.82, 2.24) is 15.0 Å². The van der Waals surface area contributed by atoms with Gasteiger partial charge in [0.2, 0.25) is 5.88 Å². The molecule has 1 unspecified atom stereocenters. The van der Waals surface area contributed by atoms with E-state index in [-0.39, 0.29) is 16.4 Å². The first-order valence-electron chi connectivity index (χ1n) is 8.73. The molecule has 1 atom stereocenters. The van der Waals surface area contributed by atoms with Crippen LogP contribution in [-0.2, 0) is 4.74 Å². The Labute approximate surface area is 180 Å². The van der Waals surface area contributed by atoms with Crippen molar-refractivity contribution >= 4 is 40.0 Å². The number of nitrogens with zero attached hydrogens (tertiary/aromatic N) is 4. The number of rotatable bonds is 6. The van der Waals surface area contributed by atoms with E-state index in [4.69, 9.17) is 21.6 Å². The molecule has 0 spiro atoms.